The third-order valence-electron chi connectivity index (χ3n) is 3.13. The number of nitrogens with zero attached hydrogens (tertiary/aromatic N) is 2. The average Bonchev–Trinajstić information content (AvgIpc) is 2.70. The van der Waals surface area contributed by atoms with Crippen molar-refractivity contribution in [3.8, 4) is 0 Å². The minimum absolute atomic E-state index is 0.120. The summed E-state index contributed by atoms with van der Waals surface area (Å²) in [6.07, 6.45) is 1.70. The van der Waals surface area contributed by atoms with Crippen LogP contribution in [0.1, 0.15) is 25.6 Å². The van der Waals surface area contributed by atoms with Crippen LogP contribution in [0, 0.1) is 0 Å². The number of furan rings is 1. The van der Waals surface area contributed by atoms with Gasteiger partial charge in [0, 0.05) is 19.1 Å². The molecule has 0 aliphatic carbocycles. The maximum Gasteiger partial charge on any atom is 0.136 e. The summed E-state index contributed by atoms with van der Waals surface area (Å²) in [4.78, 5) is 4.57. The molecule has 2 N–H and O–H groups in total. The zero-order valence-electron chi connectivity index (χ0n) is 11.7. The Balaban J connectivity index is 2.87. The van der Waals surface area contributed by atoms with Crippen LogP contribution in [0.2, 0.25) is 0 Å². The second kappa shape index (κ2) is 7.28. The van der Waals surface area contributed by atoms with Gasteiger partial charge in [0.05, 0.1) is 16.8 Å². The van der Waals surface area contributed by atoms with Crippen LogP contribution in [0.5, 0.6) is 0 Å². The largest absolute Gasteiger partial charge is 0.466 e. The number of hydrogen-bond donors (Lipinski definition) is 1. The Hall–Kier alpha value is -0.360. The molecule has 2 atom stereocenters. The van der Waals surface area contributed by atoms with Crippen molar-refractivity contribution < 1.29 is 4.42 Å². The van der Waals surface area contributed by atoms with E-state index in [4.69, 9.17) is 10.2 Å². The summed E-state index contributed by atoms with van der Waals surface area (Å²) in [6.45, 7) is 6.89. The number of rotatable bonds is 7. The molecule has 0 saturated carbocycles. The quantitative estimate of drug-likeness (QED) is 0.838. The van der Waals surface area contributed by atoms with E-state index >= 15 is 0 Å². The van der Waals surface area contributed by atoms with Crippen LogP contribution >= 0.6 is 15.9 Å². The molecule has 1 heterocycles. The van der Waals surface area contributed by atoms with Gasteiger partial charge in [-0.2, -0.15) is 0 Å². The van der Waals surface area contributed by atoms with E-state index in [2.05, 4.69) is 53.7 Å². The van der Waals surface area contributed by atoms with E-state index in [0.29, 0.717) is 12.6 Å². The van der Waals surface area contributed by atoms with Gasteiger partial charge in [-0.05, 0) is 49.6 Å². The lowest BCUT2D eigenvalue weighted by Gasteiger charge is -2.35. The maximum atomic E-state index is 5.94. The average molecular weight is 318 g/mol. The summed E-state index contributed by atoms with van der Waals surface area (Å²) in [7, 11) is 4.18. The van der Waals surface area contributed by atoms with Crippen molar-refractivity contribution in [3.05, 3.63) is 22.6 Å². The highest BCUT2D eigenvalue weighted by atomic mass is 79.9. The molecule has 104 valence electrons. The van der Waals surface area contributed by atoms with Crippen molar-refractivity contribution in [1.82, 2.24) is 9.80 Å². The lowest BCUT2D eigenvalue weighted by molar-refractivity contribution is 0.116. The molecule has 0 aromatic carbocycles. The van der Waals surface area contributed by atoms with Crippen LogP contribution in [0.15, 0.2) is 21.2 Å². The number of halogens is 1. The molecule has 0 fully saturated rings. The molecule has 1 rings (SSSR count). The van der Waals surface area contributed by atoms with Crippen LogP contribution in [-0.4, -0.2) is 49.6 Å². The highest BCUT2D eigenvalue weighted by Gasteiger charge is 2.26. The second-order valence-corrected chi connectivity index (χ2v) is 5.68. The first kappa shape index (κ1) is 15.7. The van der Waals surface area contributed by atoms with Crippen LogP contribution < -0.4 is 5.73 Å². The molecule has 0 aliphatic heterocycles. The van der Waals surface area contributed by atoms with Gasteiger partial charge in [-0.25, -0.2) is 0 Å². The molecular formula is C13H24BrN3O. The molecule has 2 unspecified atom stereocenters. The van der Waals surface area contributed by atoms with E-state index in [1.54, 1.807) is 6.26 Å². The van der Waals surface area contributed by atoms with Crippen molar-refractivity contribution in [1.29, 1.82) is 0 Å². The second-order valence-electron chi connectivity index (χ2n) is 4.83. The van der Waals surface area contributed by atoms with E-state index in [-0.39, 0.29) is 6.04 Å². The summed E-state index contributed by atoms with van der Waals surface area (Å²) in [6, 6.07) is 2.47. The SMILES string of the molecule is CCN(C(C)CN(C)C)C(CN)c1occc1Br. The predicted molar refractivity (Wildman–Crippen MR) is 78.6 cm³/mol. The Morgan fingerprint density at radius 2 is 2.11 bits per heavy atom. The van der Waals surface area contributed by atoms with E-state index < -0.39 is 0 Å². The predicted octanol–water partition coefficient (Wildman–Crippen LogP) is 2.31. The first-order chi connectivity index (χ1) is 8.51. The Morgan fingerprint density at radius 3 is 2.50 bits per heavy atom. The van der Waals surface area contributed by atoms with Crippen LogP contribution in [0.25, 0.3) is 0 Å². The molecule has 1 aromatic rings. The smallest absolute Gasteiger partial charge is 0.136 e. The minimum Gasteiger partial charge on any atom is -0.466 e. The van der Waals surface area contributed by atoms with Gasteiger partial charge in [-0.15, -0.1) is 0 Å². The summed E-state index contributed by atoms with van der Waals surface area (Å²) in [5, 5.41) is 0. The lowest BCUT2D eigenvalue weighted by atomic mass is 10.1. The van der Waals surface area contributed by atoms with E-state index in [0.717, 1.165) is 23.3 Å². The molecular weight excluding hydrogens is 294 g/mol. The first-order valence-electron chi connectivity index (χ1n) is 6.34. The van der Waals surface area contributed by atoms with Crippen molar-refractivity contribution >= 4 is 15.9 Å². The fraction of sp³-hybridized carbons (Fsp3) is 0.692. The van der Waals surface area contributed by atoms with Crippen molar-refractivity contribution in [2.45, 2.75) is 25.9 Å². The Kier molecular flexibility index (Phi) is 6.35. The van der Waals surface area contributed by atoms with Crippen molar-refractivity contribution in [2.75, 3.05) is 33.7 Å². The van der Waals surface area contributed by atoms with Gasteiger partial charge in [0.1, 0.15) is 5.76 Å². The third kappa shape index (κ3) is 3.82. The molecule has 0 saturated heterocycles. The molecule has 0 bridgehead atoms. The lowest BCUT2D eigenvalue weighted by Crippen LogP contribution is -2.44. The van der Waals surface area contributed by atoms with Gasteiger partial charge in [-0.3, -0.25) is 4.90 Å². The molecule has 0 spiro atoms. The Morgan fingerprint density at radius 1 is 1.44 bits per heavy atom. The fourth-order valence-electron chi connectivity index (χ4n) is 2.41. The van der Waals surface area contributed by atoms with E-state index in [9.17, 15) is 0 Å². The highest BCUT2D eigenvalue weighted by molar-refractivity contribution is 9.10. The Labute approximate surface area is 118 Å². The van der Waals surface area contributed by atoms with Crippen LogP contribution in [0.3, 0.4) is 0 Å². The normalized spacial score (nSPS) is 15.3. The van der Waals surface area contributed by atoms with E-state index in [1.165, 1.54) is 0 Å². The molecule has 0 aliphatic rings. The van der Waals surface area contributed by atoms with Gasteiger partial charge in [0.15, 0.2) is 0 Å². The summed E-state index contributed by atoms with van der Waals surface area (Å²) < 4.78 is 6.57. The number of likely N-dealkylation sites (N-methyl/N-ethyl adjacent to an activating group) is 2. The standard InChI is InChI=1S/C13H24BrN3O/c1-5-17(10(2)9-16(3)4)12(8-15)13-11(14)6-7-18-13/h6-7,10,12H,5,8-9,15H2,1-4H3. The first-order valence-corrected chi connectivity index (χ1v) is 7.13. The summed E-state index contributed by atoms with van der Waals surface area (Å²) >= 11 is 3.52. The zero-order chi connectivity index (χ0) is 13.7. The Bertz CT molecular complexity index is 354. The molecule has 5 heteroatoms. The van der Waals surface area contributed by atoms with Crippen LogP contribution in [-0.2, 0) is 0 Å². The topological polar surface area (TPSA) is 45.6 Å². The molecule has 0 radical (unpaired) electrons. The maximum absolute atomic E-state index is 5.94. The molecule has 4 nitrogen and oxygen atoms in total. The number of nitrogens with two attached hydrogens (primary N) is 1. The fourth-order valence-corrected chi connectivity index (χ4v) is 2.87. The van der Waals surface area contributed by atoms with Gasteiger partial charge >= 0.3 is 0 Å². The zero-order valence-corrected chi connectivity index (χ0v) is 13.3. The summed E-state index contributed by atoms with van der Waals surface area (Å²) in [5.41, 5.74) is 5.94. The van der Waals surface area contributed by atoms with Crippen molar-refractivity contribution in [3.63, 3.8) is 0 Å². The highest BCUT2D eigenvalue weighted by Crippen LogP contribution is 2.29. The van der Waals surface area contributed by atoms with Crippen LogP contribution in [0.4, 0.5) is 0 Å². The molecule has 18 heavy (non-hydrogen) atoms. The number of hydrogen-bond acceptors (Lipinski definition) is 4. The van der Waals surface area contributed by atoms with Crippen molar-refractivity contribution in [2.24, 2.45) is 5.73 Å². The monoisotopic (exact) mass is 317 g/mol. The minimum atomic E-state index is 0.120. The van der Waals surface area contributed by atoms with E-state index in [1.807, 2.05) is 6.07 Å². The van der Waals surface area contributed by atoms with Gasteiger partial charge in [-0.1, -0.05) is 6.92 Å². The molecule has 1 aromatic heterocycles. The van der Waals surface area contributed by atoms with Gasteiger partial charge < -0.3 is 15.1 Å². The molecule has 0 amide bonds. The third-order valence-corrected chi connectivity index (χ3v) is 3.79. The van der Waals surface area contributed by atoms with Gasteiger partial charge in [0.2, 0.25) is 0 Å². The van der Waals surface area contributed by atoms with Gasteiger partial charge in [0.25, 0.3) is 0 Å². The summed E-state index contributed by atoms with van der Waals surface area (Å²) in [5.74, 6) is 0.921.